The van der Waals surface area contributed by atoms with Gasteiger partial charge in [-0.3, -0.25) is 14.5 Å². The lowest BCUT2D eigenvalue weighted by molar-refractivity contribution is -0.307. The third kappa shape index (κ3) is 4.89. The molecular weight excluding hydrogens is 453 g/mol. The van der Waals surface area contributed by atoms with E-state index in [1.807, 2.05) is 0 Å². The first-order valence-corrected chi connectivity index (χ1v) is 10.1. The molecule has 0 saturated carbocycles. The van der Waals surface area contributed by atoms with Crippen molar-refractivity contribution in [3.8, 4) is 11.5 Å². The SMILES string of the molecule is COc1cc(/C=C2\SC(=O)N(Cc3ccccc3Cl)C2=O)cc(Cl)c1OCC(=O)[O-]. The van der Waals surface area contributed by atoms with Gasteiger partial charge < -0.3 is 19.4 Å². The van der Waals surface area contributed by atoms with Gasteiger partial charge in [-0.05, 0) is 47.2 Å². The highest BCUT2D eigenvalue weighted by Gasteiger charge is 2.35. The van der Waals surface area contributed by atoms with Crippen LogP contribution in [0.25, 0.3) is 6.08 Å². The Bertz CT molecular complexity index is 1060. The molecular formula is C20H14Cl2NO6S-. The van der Waals surface area contributed by atoms with Crippen molar-refractivity contribution in [3.63, 3.8) is 0 Å². The van der Waals surface area contributed by atoms with Crippen LogP contribution in [-0.4, -0.2) is 35.7 Å². The van der Waals surface area contributed by atoms with Crippen LogP contribution >= 0.6 is 35.0 Å². The molecule has 0 aromatic heterocycles. The van der Waals surface area contributed by atoms with E-state index in [0.717, 1.165) is 16.7 Å². The molecule has 0 aliphatic carbocycles. The predicted molar refractivity (Wildman–Crippen MR) is 111 cm³/mol. The molecule has 156 valence electrons. The maximum Gasteiger partial charge on any atom is 0.293 e. The normalized spacial score (nSPS) is 15.0. The van der Waals surface area contributed by atoms with Crippen molar-refractivity contribution in [1.82, 2.24) is 4.90 Å². The number of thioether (sulfide) groups is 1. The zero-order chi connectivity index (χ0) is 21.8. The number of hydrogen-bond donors (Lipinski definition) is 0. The molecule has 2 aromatic carbocycles. The molecule has 30 heavy (non-hydrogen) atoms. The summed E-state index contributed by atoms with van der Waals surface area (Å²) in [6.07, 6.45) is 1.49. The fourth-order valence-electron chi connectivity index (χ4n) is 2.68. The Morgan fingerprint density at radius 3 is 2.60 bits per heavy atom. The number of benzene rings is 2. The number of nitrogens with zero attached hydrogens (tertiary/aromatic N) is 1. The summed E-state index contributed by atoms with van der Waals surface area (Å²) in [5.74, 6) is -1.67. The van der Waals surface area contributed by atoms with Gasteiger partial charge in [0.05, 0.1) is 29.6 Å². The Morgan fingerprint density at radius 1 is 1.20 bits per heavy atom. The first-order valence-electron chi connectivity index (χ1n) is 8.49. The third-order valence-electron chi connectivity index (χ3n) is 4.04. The van der Waals surface area contributed by atoms with E-state index in [1.54, 1.807) is 24.3 Å². The fourth-order valence-corrected chi connectivity index (χ4v) is 3.99. The second-order valence-corrected chi connectivity index (χ2v) is 7.86. The van der Waals surface area contributed by atoms with Crippen LogP contribution in [-0.2, 0) is 16.1 Å². The van der Waals surface area contributed by atoms with Crippen LogP contribution in [0.1, 0.15) is 11.1 Å². The van der Waals surface area contributed by atoms with Gasteiger partial charge in [-0.15, -0.1) is 0 Å². The largest absolute Gasteiger partial charge is 0.546 e. The number of carbonyl (C=O) groups is 3. The highest BCUT2D eigenvalue weighted by Crippen LogP contribution is 2.39. The number of hydrogen-bond acceptors (Lipinski definition) is 7. The van der Waals surface area contributed by atoms with Gasteiger partial charge in [0.1, 0.15) is 6.61 Å². The van der Waals surface area contributed by atoms with Gasteiger partial charge >= 0.3 is 0 Å². The van der Waals surface area contributed by atoms with Crippen molar-refractivity contribution in [3.05, 3.63) is 62.5 Å². The monoisotopic (exact) mass is 466 g/mol. The minimum atomic E-state index is -1.41. The highest BCUT2D eigenvalue weighted by atomic mass is 35.5. The Kier molecular flexibility index (Phi) is 6.91. The van der Waals surface area contributed by atoms with Crippen LogP contribution in [0.2, 0.25) is 10.0 Å². The van der Waals surface area contributed by atoms with Crippen LogP contribution in [0.4, 0.5) is 4.79 Å². The minimum Gasteiger partial charge on any atom is -0.546 e. The lowest BCUT2D eigenvalue weighted by atomic mass is 10.1. The molecule has 0 radical (unpaired) electrons. The van der Waals surface area contributed by atoms with Crippen molar-refractivity contribution in [1.29, 1.82) is 0 Å². The number of carbonyl (C=O) groups excluding carboxylic acids is 3. The molecule has 0 unspecified atom stereocenters. The van der Waals surface area contributed by atoms with E-state index in [-0.39, 0.29) is 28.0 Å². The summed E-state index contributed by atoms with van der Waals surface area (Å²) in [5, 5.41) is 10.7. The number of ether oxygens (including phenoxy) is 2. The molecule has 0 N–H and O–H groups in total. The van der Waals surface area contributed by atoms with Crippen LogP contribution < -0.4 is 14.6 Å². The summed E-state index contributed by atoms with van der Waals surface area (Å²) in [5.41, 5.74) is 1.13. The van der Waals surface area contributed by atoms with Crippen LogP contribution in [0.3, 0.4) is 0 Å². The molecule has 7 nitrogen and oxygen atoms in total. The molecule has 3 rings (SSSR count). The number of halogens is 2. The van der Waals surface area contributed by atoms with Crippen LogP contribution in [0.5, 0.6) is 11.5 Å². The van der Waals surface area contributed by atoms with E-state index in [1.165, 1.54) is 25.3 Å². The van der Waals surface area contributed by atoms with Gasteiger partial charge in [-0.2, -0.15) is 0 Å². The van der Waals surface area contributed by atoms with Crippen molar-refractivity contribution in [2.75, 3.05) is 13.7 Å². The summed E-state index contributed by atoms with van der Waals surface area (Å²) >= 11 is 13.1. The van der Waals surface area contributed by atoms with Gasteiger partial charge in [0.15, 0.2) is 11.5 Å². The maximum atomic E-state index is 12.7. The van der Waals surface area contributed by atoms with Gasteiger partial charge in [-0.25, -0.2) is 0 Å². The number of rotatable bonds is 7. The van der Waals surface area contributed by atoms with Gasteiger partial charge in [0.25, 0.3) is 11.1 Å². The molecule has 1 saturated heterocycles. The summed E-state index contributed by atoms with van der Waals surface area (Å²) in [4.78, 5) is 37.0. The van der Waals surface area contributed by atoms with E-state index in [2.05, 4.69) is 0 Å². The summed E-state index contributed by atoms with van der Waals surface area (Å²) < 4.78 is 10.3. The van der Waals surface area contributed by atoms with Crippen molar-refractivity contribution < 1.29 is 29.0 Å². The van der Waals surface area contributed by atoms with Crippen molar-refractivity contribution >= 4 is 58.2 Å². The van der Waals surface area contributed by atoms with Gasteiger partial charge in [0, 0.05) is 5.02 Å². The molecule has 1 aliphatic heterocycles. The Balaban J connectivity index is 1.85. The summed E-state index contributed by atoms with van der Waals surface area (Å²) in [6, 6.07) is 9.94. The number of carboxylic acids is 1. The molecule has 1 heterocycles. The van der Waals surface area contributed by atoms with Crippen LogP contribution in [0.15, 0.2) is 41.3 Å². The smallest absolute Gasteiger partial charge is 0.293 e. The topological polar surface area (TPSA) is 96.0 Å². The second kappa shape index (κ2) is 9.42. The highest BCUT2D eigenvalue weighted by molar-refractivity contribution is 8.18. The quantitative estimate of drug-likeness (QED) is 0.577. The second-order valence-electron chi connectivity index (χ2n) is 6.05. The number of carboxylic acid groups (broad SMARTS) is 1. The van der Waals surface area contributed by atoms with E-state index in [0.29, 0.717) is 16.1 Å². The molecule has 2 aromatic rings. The standard InChI is InChI=1S/C20H15Cl2NO6S/c1-28-15-7-11(6-14(22)18(15)29-10-17(24)25)8-16-19(26)23(20(27)30-16)9-12-4-2-3-5-13(12)21/h2-8H,9-10H2,1H3,(H,24,25)/p-1/b16-8-. The molecule has 1 aliphatic rings. The number of amides is 2. The van der Waals surface area contributed by atoms with Crippen LogP contribution in [0, 0.1) is 0 Å². The van der Waals surface area contributed by atoms with E-state index in [4.69, 9.17) is 32.7 Å². The maximum absolute atomic E-state index is 12.7. The average Bonchev–Trinajstić information content (AvgIpc) is 2.95. The van der Waals surface area contributed by atoms with E-state index >= 15 is 0 Å². The van der Waals surface area contributed by atoms with E-state index < -0.39 is 23.7 Å². The zero-order valence-electron chi connectivity index (χ0n) is 15.5. The Hall–Kier alpha value is -2.68. The van der Waals surface area contributed by atoms with Crippen molar-refractivity contribution in [2.24, 2.45) is 0 Å². The number of methoxy groups -OCH3 is 1. The first-order chi connectivity index (χ1) is 14.3. The molecule has 0 bridgehead atoms. The van der Waals surface area contributed by atoms with E-state index in [9.17, 15) is 19.5 Å². The first kappa shape index (κ1) is 22.0. The molecule has 0 atom stereocenters. The Morgan fingerprint density at radius 2 is 1.93 bits per heavy atom. The van der Waals surface area contributed by atoms with Gasteiger partial charge in [-0.1, -0.05) is 41.4 Å². The fraction of sp³-hybridized carbons (Fsp3) is 0.150. The zero-order valence-corrected chi connectivity index (χ0v) is 17.8. The molecule has 0 spiro atoms. The molecule has 2 amide bonds. The predicted octanol–water partition coefficient (Wildman–Crippen LogP) is 3.37. The lowest BCUT2D eigenvalue weighted by Gasteiger charge is -2.14. The summed E-state index contributed by atoms with van der Waals surface area (Å²) in [7, 11) is 1.36. The lowest BCUT2D eigenvalue weighted by Crippen LogP contribution is -2.29. The molecule has 10 heteroatoms. The third-order valence-corrected chi connectivity index (χ3v) is 5.60. The number of imide groups is 1. The Labute approximate surface area is 186 Å². The van der Waals surface area contributed by atoms with Gasteiger partial charge in [0.2, 0.25) is 0 Å². The molecule has 1 fully saturated rings. The van der Waals surface area contributed by atoms with Crippen molar-refractivity contribution in [2.45, 2.75) is 6.54 Å². The summed E-state index contributed by atoms with van der Waals surface area (Å²) in [6.45, 7) is -0.641. The minimum absolute atomic E-state index is 0.0346. The average molecular weight is 467 g/mol. The number of aliphatic carboxylic acids is 1.